The largest absolute Gasteiger partial charge is 0.387 e. The minimum atomic E-state index is -0.182. The van der Waals surface area contributed by atoms with Crippen molar-refractivity contribution in [1.82, 2.24) is 0 Å². The minimum Gasteiger partial charge on any atom is -0.387 e. The summed E-state index contributed by atoms with van der Waals surface area (Å²) < 4.78 is 0. The molecular formula is C16H22OS. The summed E-state index contributed by atoms with van der Waals surface area (Å²) >= 11 is 1.79. The molecule has 1 unspecified atom stereocenters. The van der Waals surface area contributed by atoms with Crippen molar-refractivity contribution in [2.24, 2.45) is 29.6 Å². The molecule has 4 bridgehead atoms. The van der Waals surface area contributed by atoms with Crippen LogP contribution in [-0.2, 0) is 0 Å². The molecule has 98 valence electrons. The lowest BCUT2D eigenvalue weighted by molar-refractivity contribution is -0.0898. The highest BCUT2D eigenvalue weighted by Gasteiger charge is 2.50. The monoisotopic (exact) mass is 262 g/mol. The molecule has 0 radical (unpaired) electrons. The van der Waals surface area contributed by atoms with Crippen LogP contribution in [0.25, 0.3) is 0 Å². The zero-order valence-corrected chi connectivity index (χ0v) is 11.8. The van der Waals surface area contributed by atoms with Crippen molar-refractivity contribution in [2.75, 3.05) is 0 Å². The van der Waals surface area contributed by atoms with Gasteiger partial charge in [0.1, 0.15) is 0 Å². The summed E-state index contributed by atoms with van der Waals surface area (Å²) in [4.78, 5) is 2.54. The third kappa shape index (κ3) is 1.69. The predicted octanol–water partition coefficient (Wildman–Crippen LogP) is 4.16. The second-order valence-electron chi connectivity index (χ2n) is 6.90. The van der Waals surface area contributed by atoms with Crippen LogP contribution in [0.3, 0.4) is 0 Å². The maximum absolute atomic E-state index is 10.8. The van der Waals surface area contributed by atoms with Gasteiger partial charge in [-0.15, -0.1) is 11.3 Å². The Kier molecular flexibility index (Phi) is 2.60. The lowest BCUT2D eigenvalue weighted by atomic mass is 9.51. The molecule has 0 aromatic carbocycles. The average molecular weight is 262 g/mol. The van der Waals surface area contributed by atoms with Crippen molar-refractivity contribution in [1.29, 1.82) is 0 Å². The lowest BCUT2D eigenvalue weighted by Gasteiger charge is -2.55. The second-order valence-corrected chi connectivity index (χ2v) is 8.22. The van der Waals surface area contributed by atoms with Crippen LogP contribution in [0.1, 0.15) is 48.0 Å². The van der Waals surface area contributed by atoms with Gasteiger partial charge in [-0.05, 0) is 80.8 Å². The Morgan fingerprint density at radius 2 is 1.67 bits per heavy atom. The van der Waals surface area contributed by atoms with Gasteiger partial charge in [0.15, 0.2) is 0 Å². The van der Waals surface area contributed by atoms with Crippen molar-refractivity contribution in [2.45, 2.75) is 45.1 Å². The van der Waals surface area contributed by atoms with E-state index in [0.717, 1.165) is 23.7 Å². The Hall–Kier alpha value is -0.340. The lowest BCUT2D eigenvalue weighted by Crippen LogP contribution is -2.47. The number of thiophene rings is 1. The molecule has 0 spiro atoms. The third-order valence-electron chi connectivity index (χ3n) is 5.72. The van der Waals surface area contributed by atoms with Crippen LogP contribution in [-0.4, -0.2) is 5.11 Å². The topological polar surface area (TPSA) is 20.2 Å². The van der Waals surface area contributed by atoms with E-state index >= 15 is 0 Å². The molecule has 0 amide bonds. The number of hydrogen-bond donors (Lipinski definition) is 1. The predicted molar refractivity (Wildman–Crippen MR) is 74.6 cm³/mol. The van der Waals surface area contributed by atoms with Gasteiger partial charge >= 0.3 is 0 Å². The molecule has 18 heavy (non-hydrogen) atoms. The first-order valence-electron chi connectivity index (χ1n) is 7.45. The van der Waals surface area contributed by atoms with Crippen LogP contribution < -0.4 is 0 Å². The smallest absolute Gasteiger partial charge is 0.0915 e. The van der Waals surface area contributed by atoms with Gasteiger partial charge in [0.25, 0.3) is 0 Å². The van der Waals surface area contributed by atoms with E-state index in [1.165, 1.54) is 41.9 Å². The molecule has 4 fully saturated rings. The molecule has 1 aromatic rings. The minimum absolute atomic E-state index is 0.182. The summed E-state index contributed by atoms with van der Waals surface area (Å²) in [5.41, 5.74) is 0. The second kappa shape index (κ2) is 4.08. The summed E-state index contributed by atoms with van der Waals surface area (Å²) in [5, 5.41) is 10.8. The van der Waals surface area contributed by atoms with Gasteiger partial charge in [-0.2, -0.15) is 0 Å². The molecular weight excluding hydrogens is 240 g/mol. The van der Waals surface area contributed by atoms with Crippen molar-refractivity contribution >= 4 is 11.3 Å². The molecule has 5 rings (SSSR count). The molecule has 1 nitrogen and oxygen atoms in total. The van der Waals surface area contributed by atoms with Crippen LogP contribution in [0.2, 0.25) is 0 Å². The Bertz CT molecular complexity index is 422. The highest BCUT2D eigenvalue weighted by Crippen LogP contribution is 2.59. The van der Waals surface area contributed by atoms with E-state index in [-0.39, 0.29) is 6.10 Å². The molecule has 4 aliphatic carbocycles. The van der Waals surface area contributed by atoms with Crippen LogP contribution in [0.4, 0.5) is 0 Å². The first-order chi connectivity index (χ1) is 8.70. The van der Waals surface area contributed by atoms with Crippen molar-refractivity contribution < 1.29 is 5.11 Å². The SMILES string of the molecule is Cc1ccc(C(O)C2C3CC4CC(C3)CC2C4)s1. The molecule has 2 heteroatoms. The molecule has 1 heterocycles. The van der Waals surface area contributed by atoms with Gasteiger partial charge in [0.05, 0.1) is 6.10 Å². The van der Waals surface area contributed by atoms with Gasteiger partial charge in [0.2, 0.25) is 0 Å². The first-order valence-corrected chi connectivity index (χ1v) is 8.26. The maximum Gasteiger partial charge on any atom is 0.0915 e. The van der Waals surface area contributed by atoms with Gasteiger partial charge in [-0.3, -0.25) is 0 Å². The molecule has 1 N–H and O–H groups in total. The normalized spacial score (nSPS) is 43.3. The van der Waals surface area contributed by atoms with Gasteiger partial charge < -0.3 is 5.11 Å². The first kappa shape index (κ1) is 11.5. The number of hydrogen-bond acceptors (Lipinski definition) is 2. The van der Waals surface area contributed by atoms with E-state index in [1.54, 1.807) is 11.3 Å². The van der Waals surface area contributed by atoms with Gasteiger partial charge in [-0.1, -0.05) is 0 Å². The van der Waals surface area contributed by atoms with Gasteiger partial charge in [-0.25, -0.2) is 0 Å². The van der Waals surface area contributed by atoms with Gasteiger partial charge in [0, 0.05) is 9.75 Å². The zero-order chi connectivity index (χ0) is 12.3. The number of aliphatic hydroxyl groups excluding tert-OH is 1. The van der Waals surface area contributed by atoms with Crippen molar-refractivity contribution in [3.8, 4) is 0 Å². The zero-order valence-electron chi connectivity index (χ0n) is 11.0. The Morgan fingerprint density at radius 1 is 1.06 bits per heavy atom. The standard InChI is InChI=1S/C16H22OS/c1-9-2-3-14(18-9)16(17)15-12-5-10-4-11(7-12)8-13(15)6-10/h2-3,10-13,15-17H,4-8H2,1H3. The van der Waals surface area contributed by atoms with Crippen LogP contribution in [0.5, 0.6) is 0 Å². The quantitative estimate of drug-likeness (QED) is 0.848. The fraction of sp³-hybridized carbons (Fsp3) is 0.750. The number of rotatable bonds is 2. The molecule has 4 aliphatic rings. The summed E-state index contributed by atoms with van der Waals surface area (Å²) in [7, 11) is 0. The Morgan fingerprint density at radius 3 is 2.17 bits per heavy atom. The summed E-state index contributed by atoms with van der Waals surface area (Å²) in [6.07, 6.45) is 6.92. The summed E-state index contributed by atoms with van der Waals surface area (Å²) in [6, 6.07) is 4.30. The maximum atomic E-state index is 10.8. The van der Waals surface area contributed by atoms with Crippen LogP contribution in [0, 0.1) is 36.5 Å². The molecule has 0 aliphatic heterocycles. The third-order valence-corrected chi connectivity index (χ3v) is 6.79. The number of aryl methyl sites for hydroxylation is 1. The summed E-state index contributed by atoms with van der Waals surface area (Å²) in [6.45, 7) is 2.14. The molecule has 4 saturated carbocycles. The fourth-order valence-corrected chi connectivity index (χ4v) is 6.21. The van der Waals surface area contributed by atoms with E-state index in [0.29, 0.717) is 5.92 Å². The van der Waals surface area contributed by atoms with Crippen LogP contribution in [0.15, 0.2) is 12.1 Å². The number of aliphatic hydroxyl groups is 1. The molecule has 1 atom stereocenters. The van der Waals surface area contributed by atoms with E-state index < -0.39 is 0 Å². The molecule has 0 saturated heterocycles. The highest BCUT2D eigenvalue weighted by atomic mass is 32.1. The fourth-order valence-electron chi connectivity index (χ4n) is 5.28. The summed E-state index contributed by atoms with van der Waals surface area (Å²) in [5.74, 6) is 4.20. The van der Waals surface area contributed by atoms with Crippen molar-refractivity contribution in [3.05, 3.63) is 21.9 Å². The Labute approximate surface area is 113 Å². The van der Waals surface area contributed by atoms with E-state index in [2.05, 4.69) is 19.1 Å². The average Bonchev–Trinajstić information content (AvgIpc) is 2.74. The van der Waals surface area contributed by atoms with Crippen LogP contribution >= 0.6 is 11.3 Å². The van der Waals surface area contributed by atoms with E-state index in [4.69, 9.17) is 0 Å². The van der Waals surface area contributed by atoms with E-state index in [1.807, 2.05) is 0 Å². The Balaban J connectivity index is 1.61. The van der Waals surface area contributed by atoms with Crippen molar-refractivity contribution in [3.63, 3.8) is 0 Å². The molecule has 1 aromatic heterocycles. The highest BCUT2D eigenvalue weighted by molar-refractivity contribution is 7.12. The van der Waals surface area contributed by atoms with E-state index in [9.17, 15) is 5.11 Å².